The van der Waals surface area contributed by atoms with Crippen LogP contribution < -0.4 is 5.32 Å². The molecule has 0 aromatic carbocycles. The second-order valence-corrected chi connectivity index (χ2v) is 5.77. The van der Waals surface area contributed by atoms with E-state index in [2.05, 4.69) is 10.3 Å². The van der Waals surface area contributed by atoms with Crippen molar-refractivity contribution in [3.63, 3.8) is 0 Å². The number of aliphatic hydroxyl groups is 1. The van der Waals surface area contributed by atoms with Crippen LogP contribution >= 0.6 is 23.4 Å². The van der Waals surface area contributed by atoms with Gasteiger partial charge in [-0.15, -0.1) is 0 Å². The number of aromatic nitrogens is 1. The van der Waals surface area contributed by atoms with Crippen LogP contribution in [0.5, 0.6) is 0 Å². The fraction of sp³-hybridized carbons (Fsp3) is 0.538. The third-order valence-corrected chi connectivity index (χ3v) is 3.85. The molecule has 0 aliphatic heterocycles. The minimum absolute atomic E-state index is 0.183. The zero-order chi connectivity index (χ0) is 14.3. The van der Waals surface area contributed by atoms with Gasteiger partial charge in [-0.1, -0.05) is 11.6 Å². The van der Waals surface area contributed by atoms with E-state index >= 15 is 0 Å². The number of hydrogen-bond donors (Lipinski definition) is 2. The van der Waals surface area contributed by atoms with E-state index in [9.17, 15) is 4.79 Å². The Kier molecular flexibility index (Phi) is 7.20. The molecule has 0 aliphatic rings. The number of amides is 1. The number of carbonyl (C=O) groups is 1. The summed E-state index contributed by atoms with van der Waals surface area (Å²) < 4.78 is 0. The Balaban J connectivity index is 2.46. The normalized spacial score (nSPS) is 10.5. The van der Waals surface area contributed by atoms with E-state index in [-0.39, 0.29) is 17.7 Å². The lowest BCUT2D eigenvalue weighted by molar-refractivity contribution is 0.0955. The molecule has 106 valence electrons. The number of aryl methyl sites for hydroxylation is 2. The van der Waals surface area contributed by atoms with E-state index in [1.807, 2.05) is 19.9 Å². The van der Waals surface area contributed by atoms with Crippen molar-refractivity contribution in [3.8, 4) is 0 Å². The summed E-state index contributed by atoms with van der Waals surface area (Å²) in [5.74, 6) is 1.54. The van der Waals surface area contributed by atoms with Crippen LogP contribution in [0.25, 0.3) is 0 Å². The lowest BCUT2D eigenvalue weighted by Crippen LogP contribution is -2.27. The first-order valence-electron chi connectivity index (χ1n) is 6.16. The second kappa shape index (κ2) is 8.40. The molecule has 1 aromatic heterocycles. The molecule has 19 heavy (non-hydrogen) atoms. The number of aliphatic hydroxyl groups excluding tert-OH is 1. The molecule has 0 spiro atoms. The zero-order valence-corrected chi connectivity index (χ0v) is 12.8. The van der Waals surface area contributed by atoms with Gasteiger partial charge in [0.2, 0.25) is 0 Å². The van der Waals surface area contributed by atoms with Gasteiger partial charge in [-0.05, 0) is 37.7 Å². The van der Waals surface area contributed by atoms with E-state index in [0.717, 1.165) is 29.2 Å². The molecule has 0 radical (unpaired) electrons. The monoisotopic (exact) mass is 302 g/mol. The minimum atomic E-state index is -0.183. The van der Waals surface area contributed by atoms with Crippen molar-refractivity contribution in [3.05, 3.63) is 28.0 Å². The smallest absolute Gasteiger partial charge is 0.254 e. The molecule has 6 heteroatoms. The molecular weight excluding hydrogens is 284 g/mol. The van der Waals surface area contributed by atoms with Gasteiger partial charge >= 0.3 is 0 Å². The minimum Gasteiger partial charge on any atom is -0.396 e. The van der Waals surface area contributed by atoms with Crippen LogP contribution in [0.3, 0.4) is 0 Å². The molecule has 1 aromatic rings. The van der Waals surface area contributed by atoms with Gasteiger partial charge < -0.3 is 10.4 Å². The maximum absolute atomic E-state index is 12.0. The number of halogens is 1. The molecule has 1 rings (SSSR count). The van der Waals surface area contributed by atoms with Gasteiger partial charge in [0.05, 0.1) is 5.56 Å². The van der Waals surface area contributed by atoms with Crippen molar-refractivity contribution in [2.75, 3.05) is 24.7 Å². The van der Waals surface area contributed by atoms with Gasteiger partial charge in [0, 0.05) is 24.6 Å². The molecule has 0 bridgehead atoms. The van der Waals surface area contributed by atoms with Crippen LogP contribution in [0.2, 0.25) is 5.15 Å². The van der Waals surface area contributed by atoms with E-state index in [1.165, 1.54) is 0 Å². The zero-order valence-electron chi connectivity index (χ0n) is 11.2. The summed E-state index contributed by atoms with van der Waals surface area (Å²) in [5.41, 5.74) is 2.09. The van der Waals surface area contributed by atoms with Crippen LogP contribution in [0.4, 0.5) is 0 Å². The largest absolute Gasteiger partial charge is 0.396 e. The third-order valence-electron chi connectivity index (χ3n) is 2.51. The fourth-order valence-electron chi connectivity index (χ4n) is 1.66. The number of nitrogens with one attached hydrogen (secondary N) is 1. The summed E-state index contributed by atoms with van der Waals surface area (Å²) in [6.07, 6.45) is 0.783. The highest BCUT2D eigenvalue weighted by molar-refractivity contribution is 7.99. The van der Waals surface area contributed by atoms with Crippen molar-refractivity contribution in [2.24, 2.45) is 0 Å². The summed E-state index contributed by atoms with van der Waals surface area (Å²) in [4.78, 5) is 16.1. The summed E-state index contributed by atoms with van der Waals surface area (Å²) >= 11 is 7.71. The van der Waals surface area contributed by atoms with Gasteiger partial charge in [0.15, 0.2) is 0 Å². The molecule has 2 N–H and O–H groups in total. The Bertz CT molecular complexity index is 418. The molecule has 0 atom stereocenters. The van der Waals surface area contributed by atoms with Crippen LogP contribution in [0.15, 0.2) is 6.07 Å². The van der Waals surface area contributed by atoms with Crippen molar-refractivity contribution in [1.82, 2.24) is 10.3 Å². The lowest BCUT2D eigenvalue weighted by Gasteiger charge is -2.09. The number of pyridine rings is 1. The maximum Gasteiger partial charge on any atom is 0.254 e. The second-order valence-electron chi connectivity index (χ2n) is 4.19. The topological polar surface area (TPSA) is 62.2 Å². The van der Waals surface area contributed by atoms with E-state index in [0.29, 0.717) is 12.1 Å². The first-order valence-corrected chi connectivity index (χ1v) is 7.70. The highest BCUT2D eigenvalue weighted by atomic mass is 35.5. The molecule has 1 heterocycles. The van der Waals surface area contributed by atoms with Crippen LogP contribution in [0, 0.1) is 13.8 Å². The first kappa shape index (κ1) is 16.3. The Morgan fingerprint density at radius 2 is 2.21 bits per heavy atom. The van der Waals surface area contributed by atoms with Gasteiger partial charge in [0.25, 0.3) is 5.91 Å². The number of hydrogen-bond acceptors (Lipinski definition) is 4. The Labute approximate surface area is 123 Å². The maximum atomic E-state index is 12.0. The quantitative estimate of drug-likeness (QED) is 0.599. The average Bonchev–Trinajstić information content (AvgIpc) is 2.32. The number of carbonyl (C=O) groups excluding carboxylic acids is 1. The predicted molar refractivity (Wildman–Crippen MR) is 80.1 cm³/mol. The van der Waals surface area contributed by atoms with Gasteiger partial charge in [-0.2, -0.15) is 11.8 Å². The van der Waals surface area contributed by atoms with Gasteiger partial charge in [0.1, 0.15) is 5.15 Å². The van der Waals surface area contributed by atoms with Crippen LogP contribution in [0.1, 0.15) is 28.0 Å². The molecule has 0 saturated heterocycles. The first-order chi connectivity index (χ1) is 9.06. The van der Waals surface area contributed by atoms with Gasteiger partial charge in [-0.25, -0.2) is 4.98 Å². The molecule has 1 amide bonds. The standard InChI is InChI=1S/C13H19ClN2O2S/c1-9-8-10(2)16-12(14)11(9)13(18)15-4-7-19-6-3-5-17/h8,17H,3-7H2,1-2H3,(H,15,18). The lowest BCUT2D eigenvalue weighted by atomic mass is 10.1. The number of nitrogens with zero attached hydrogens (tertiary/aromatic N) is 1. The molecule has 0 fully saturated rings. The Morgan fingerprint density at radius 1 is 1.47 bits per heavy atom. The average molecular weight is 303 g/mol. The summed E-state index contributed by atoms with van der Waals surface area (Å²) in [6.45, 7) is 4.49. The Hall–Kier alpha value is -0.780. The van der Waals surface area contributed by atoms with Crippen LogP contribution in [-0.2, 0) is 0 Å². The number of thioether (sulfide) groups is 1. The number of rotatable bonds is 7. The molecular formula is C13H19ClN2O2S. The molecule has 0 aliphatic carbocycles. The van der Waals surface area contributed by atoms with Crippen LogP contribution in [-0.4, -0.2) is 40.7 Å². The predicted octanol–water partition coefficient (Wildman–Crippen LogP) is 2.20. The van der Waals surface area contributed by atoms with Gasteiger partial charge in [-0.3, -0.25) is 4.79 Å². The summed E-state index contributed by atoms with van der Waals surface area (Å²) in [6, 6.07) is 1.84. The SMILES string of the molecule is Cc1cc(C)c(C(=O)NCCSCCCO)c(Cl)n1. The highest BCUT2D eigenvalue weighted by Crippen LogP contribution is 2.18. The Morgan fingerprint density at radius 3 is 2.84 bits per heavy atom. The van der Waals surface area contributed by atoms with Crippen molar-refractivity contribution < 1.29 is 9.90 Å². The highest BCUT2D eigenvalue weighted by Gasteiger charge is 2.14. The molecule has 4 nitrogen and oxygen atoms in total. The third kappa shape index (κ3) is 5.38. The van der Waals surface area contributed by atoms with E-state index in [1.54, 1.807) is 11.8 Å². The van der Waals surface area contributed by atoms with E-state index < -0.39 is 0 Å². The molecule has 0 unspecified atom stereocenters. The van der Waals surface area contributed by atoms with Crippen molar-refractivity contribution in [1.29, 1.82) is 0 Å². The molecule has 0 saturated carbocycles. The summed E-state index contributed by atoms with van der Waals surface area (Å²) in [7, 11) is 0. The van der Waals surface area contributed by atoms with Crippen molar-refractivity contribution >= 4 is 29.3 Å². The van der Waals surface area contributed by atoms with E-state index in [4.69, 9.17) is 16.7 Å². The van der Waals surface area contributed by atoms with Crippen molar-refractivity contribution in [2.45, 2.75) is 20.3 Å². The fourth-order valence-corrected chi connectivity index (χ4v) is 2.81. The summed E-state index contributed by atoms with van der Waals surface area (Å²) in [5, 5.41) is 11.7.